The van der Waals surface area contributed by atoms with Gasteiger partial charge in [0.25, 0.3) is 5.91 Å². The molecule has 176 valence electrons. The average molecular weight is 454 g/mol. The molecule has 0 radical (unpaired) electrons. The first-order valence-electron chi connectivity index (χ1n) is 11.3. The molecule has 2 amide bonds. The molecule has 0 atom stereocenters. The van der Waals surface area contributed by atoms with E-state index in [2.05, 4.69) is 10.2 Å². The largest absolute Gasteiger partial charge is 0.486 e. The molecule has 0 aromatic heterocycles. The monoisotopic (exact) mass is 453 g/mol. The van der Waals surface area contributed by atoms with Gasteiger partial charge in [-0.25, -0.2) is 4.79 Å². The molecule has 2 aromatic rings. The predicted octanol–water partition coefficient (Wildman–Crippen LogP) is 3.44. The van der Waals surface area contributed by atoms with Crippen molar-refractivity contribution in [1.29, 1.82) is 0 Å². The summed E-state index contributed by atoms with van der Waals surface area (Å²) in [5, 5.41) is 2.73. The second-order valence-corrected chi connectivity index (χ2v) is 9.13. The van der Waals surface area contributed by atoms with Crippen LogP contribution in [0.15, 0.2) is 42.5 Å². The Balaban J connectivity index is 1.31. The van der Waals surface area contributed by atoms with E-state index in [0.29, 0.717) is 38.4 Å². The van der Waals surface area contributed by atoms with E-state index in [1.54, 1.807) is 12.1 Å². The van der Waals surface area contributed by atoms with E-state index in [0.717, 1.165) is 35.8 Å². The molecule has 0 unspecified atom stereocenters. The van der Waals surface area contributed by atoms with E-state index in [4.69, 9.17) is 14.2 Å². The van der Waals surface area contributed by atoms with Gasteiger partial charge in [0.15, 0.2) is 11.5 Å². The number of hydrogen-bond acceptors (Lipinski definition) is 6. The Bertz CT molecular complexity index is 992. The van der Waals surface area contributed by atoms with Crippen LogP contribution in [0, 0.1) is 0 Å². The fourth-order valence-electron chi connectivity index (χ4n) is 3.89. The Kier molecular flexibility index (Phi) is 6.62. The summed E-state index contributed by atoms with van der Waals surface area (Å²) < 4.78 is 16.8. The fraction of sp³-hybridized carbons (Fsp3) is 0.440. The number of carbonyl (C=O) groups excluding carboxylic acids is 2. The van der Waals surface area contributed by atoms with Gasteiger partial charge in [-0.2, -0.15) is 0 Å². The maximum Gasteiger partial charge on any atom is 0.407 e. The van der Waals surface area contributed by atoms with Crippen molar-refractivity contribution in [3.05, 3.63) is 53.6 Å². The second-order valence-electron chi connectivity index (χ2n) is 9.13. The number of anilines is 1. The van der Waals surface area contributed by atoms with Gasteiger partial charge in [-0.1, -0.05) is 18.2 Å². The molecule has 33 heavy (non-hydrogen) atoms. The second kappa shape index (κ2) is 9.60. The lowest BCUT2D eigenvalue weighted by molar-refractivity contribution is 0.0523. The van der Waals surface area contributed by atoms with Crippen LogP contribution in [0.25, 0.3) is 0 Å². The number of piperazine rings is 1. The molecule has 0 aliphatic carbocycles. The third kappa shape index (κ3) is 5.69. The van der Waals surface area contributed by atoms with E-state index >= 15 is 0 Å². The summed E-state index contributed by atoms with van der Waals surface area (Å²) in [7, 11) is 0. The van der Waals surface area contributed by atoms with Crippen molar-refractivity contribution in [1.82, 2.24) is 10.2 Å². The summed E-state index contributed by atoms with van der Waals surface area (Å²) in [5.74, 6) is 1.58. The van der Waals surface area contributed by atoms with Gasteiger partial charge in [-0.05, 0) is 50.6 Å². The molecule has 2 aliphatic heterocycles. The predicted molar refractivity (Wildman–Crippen MR) is 125 cm³/mol. The van der Waals surface area contributed by atoms with E-state index < -0.39 is 11.7 Å². The number of benzene rings is 2. The standard InChI is InChI=1S/C25H31N3O5/c1-25(2,3)33-24(30)26-17-18-7-9-19(10-8-18)23(29)28-13-11-27(12-14-28)20-5-4-6-21-22(20)32-16-15-31-21/h4-10H,11-17H2,1-3H3,(H,26,30). The highest BCUT2D eigenvalue weighted by atomic mass is 16.6. The Morgan fingerprint density at radius 1 is 0.970 bits per heavy atom. The molecule has 1 N–H and O–H groups in total. The topological polar surface area (TPSA) is 80.3 Å². The smallest absolute Gasteiger partial charge is 0.407 e. The summed E-state index contributed by atoms with van der Waals surface area (Å²) in [6, 6.07) is 13.3. The van der Waals surface area contributed by atoms with Crippen LogP contribution in [0.2, 0.25) is 0 Å². The zero-order chi connectivity index (χ0) is 23.4. The maximum absolute atomic E-state index is 13.0. The van der Waals surface area contributed by atoms with Crippen LogP contribution in [-0.2, 0) is 11.3 Å². The van der Waals surface area contributed by atoms with E-state index in [1.165, 1.54) is 0 Å². The van der Waals surface area contributed by atoms with E-state index in [9.17, 15) is 9.59 Å². The number of alkyl carbamates (subject to hydrolysis) is 1. The minimum atomic E-state index is -0.537. The number of hydrogen-bond donors (Lipinski definition) is 1. The van der Waals surface area contributed by atoms with Gasteiger partial charge in [0, 0.05) is 38.3 Å². The summed E-state index contributed by atoms with van der Waals surface area (Å²) >= 11 is 0. The van der Waals surface area contributed by atoms with Crippen molar-refractivity contribution in [3.8, 4) is 11.5 Å². The normalized spacial score (nSPS) is 15.7. The minimum absolute atomic E-state index is 0.0102. The van der Waals surface area contributed by atoms with Crippen molar-refractivity contribution < 1.29 is 23.8 Å². The van der Waals surface area contributed by atoms with E-state index in [1.807, 2.05) is 56.0 Å². The molecule has 2 aliphatic rings. The third-order valence-corrected chi connectivity index (χ3v) is 5.49. The molecule has 1 fully saturated rings. The average Bonchev–Trinajstić information content (AvgIpc) is 2.81. The van der Waals surface area contributed by atoms with Gasteiger partial charge >= 0.3 is 6.09 Å². The molecule has 0 spiro atoms. The Morgan fingerprint density at radius 2 is 1.67 bits per heavy atom. The Hall–Kier alpha value is -3.42. The molecule has 8 nitrogen and oxygen atoms in total. The molecule has 2 aromatic carbocycles. The number of fused-ring (bicyclic) bond motifs is 1. The van der Waals surface area contributed by atoms with Crippen LogP contribution in [-0.4, -0.2) is 61.9 Å². The third-order valence-electron chi connectivity index (χ3n) is 5.49. The molecule has 0 bridgehead atoms. The van der Waals surface area contributed by atoms with Gasteiger partial charge in [-0.15, -0.1) is 0 Å². The van der Waals surface area contributed by atoms with Gasteiger partial charge in [0.05, 0.1) is 5.69 Å². The molecule has 2 heterocycles. The number of rotatable bonds is 4. The zero-order valence-corrected chi connectivity index (χ0v) is 19.4. The summed E-state index contributed by atoms with van der Waals surface area (Å²) in [5.41, 5.74) is 2.02. The number of ether oxygens (including phenoxy) is 3. The van der Waals surface area contributed by atoms with Crippen LogP contribution in [0.4, 0.5) is 10.5 Å². The van der Waals surface area contributed by atoms with Crippen LogP contribution in [0.5, 0.6) is 11.5 Å². The molecule has 0 saturated carbocycles. The maximum atomic E-state index is 13.0. The molecule has 1 saturated heterocycles. The Labute approximate surface area is 194 Å². The van der Waals surface area contributed by atoms with Crippen molar-refractivity contribution in [2.24, 2.45) is 0 Å². The van der Waals surface area contributed by atoms with Crippen molar-refractivity contribution in [2.75, 3.05) is 44.3 Å². The lowest BCUT2D eigenvalue weighted by atomic mass is 10.1. The minimum Gasteiger partial charge on any atom is -0.486 e. The zero-order valence-electron chi connectivity index (χ0n) is 19.4. The van der Waals surface area contributed by atoms with Crippen LogP contribution in [0.3, 0.4) is 0 Å². The van der Waals surface area contributed by atoms with Gasteiger partial charge in [0.2, 0.25) is 0 Å². The fourth-order valence-corrected chi connectivity index (χ4v) is 3.89. The number of nitrogens with one attached hydrogen (secondary N) is 1. The Morgan fingerprint density at radius 3 is 2.36 bits per heavy atom. The van der Waals surface area contributed by atoms with Gasteiger partial charge in [0.1, 0.15) is 18.8 Å². The first-order valence-corrected chi connectivity index (χ1v) is 11.3. The SMILES string of the molecule is CC(C)(C)OC(=O)NCc1ccc(C(=O)N2CCN(c3cccc4c3OCCO4)CC2)cc1. The number of carbonyl (C=O) groups is 2. The highest BCUT2D eigenvalue weighted by molar-refractivity contribution is 5.94. The van der Waals surface area contributed by atoms with Gasteiger partial charge < -0.3 is 29.3 Å². The summed E-state index contributed by atoms with van der Waals surface area (Å²) in [6.07, 6.45) is -0.461. The van der Waals surface area contributed by atoms with Crippen LogP contribution in [0.1, 0.15) is 36.7 Å². The number of para-hydroxylation sites is 1. The lowest BCUT2D eigenvalue weighted by Gasteiger charge is -2.37. The molecular formula is C25H31N3O5. The van der Waals surface area contributed by atoms with Crippen LogP contribution >= 0.6 is 0 Å². The first kappa shape index (κ1) is 22.8. The van der Waals surface area contributed by atoms with E-state index in [-0.39, 0.29) is 5.91 Å². The molecule has 4 rings (SSSR count). The number of nitrogens with zero attached hydrogens (tertiary/aromatic N) is 2. The quantitative estimate of drug-likeness (QED) is 0.764. The highest BCUT2D eigenvalue weighted by Gasteiger charge is 2.26. The molecule has 8 heteroatoms. The van der Waals surface area contributed by atoms with Crippen LogP contribution < -0.4 is 19.7 Å². The molecular weight excluding hydrogens is 422 g/mol. The van der Waals surface area contributed by atoms with Crippen molar-refractivity contribution >= 4 is 17.7 Å². The van der Waals surface area contributed by atoms with Gasteiger partial charge in [-0.3, -0.25) is 4.79 Å². The summed E-state index contributed by atoms with van der Waals surface area (Å²) in [4.78, 5) is 28.9. The first-order chi connectivity index (χ1) is 15.8. The van der Waals surface area contributed by atoms with Crippen molar-refractivity contribution in [3.63, 3.8) is 0 Å². The summed E-state index contributed by atoms with van der Waals surface area (Å²) in [6.45, 7) is 9.63. The highest BCUT2D eigenvalue weighted by Crippen LogP contribution is 2.39. The lowest BCUT2D eigenvalue weighted by Crippen LogP contribution is -2.49. The van der Waals surface area contributed by atoms with Crippen molar-refractivity contribution in [2.45, 2.75) is 32.9 Å². The number of amides is 2.